The van der Waals surface area contributed by atoms with Crippen LogP contribution in [0.3, 0.4) is 0 Å². The van der Waals surface area contributed by atoms with Crippen LogP contribution < -0.4 is 10.3 Å². The zero-order valence-electron chi connectivity index (χ0n) is 15.9. The first-order valence-corrected chi connectivity index (χ1v) is 10.4. The molecule has 1 heterocycles. The highest BCUT2D eigenvalue weighted by atomic mass is 35.5. The zero-order valence-corrected chi connectivity index (χ0v) is 17.5. The van der Waals surface area contributed by atoms with Crippen molar-refractivity contribution in [2.75, 3.05) is 26.1 Å². The summed E-state index contributed by atoms with van der Waals surface area (Å²) in [5, 5.41) is 10.7. The number of thioether (sulfide) groups is 1. The predicted molar refractivity (Wildman–Crippen MR) is 115 cm³/mol. The molecular formula is C21H20ClN3O3S. The second-order valence-corrected chi connectivity index (χ2v) is 7.69. The molecule has 8 heteroatoms. The van der Waals surface area contributed by atoms with Crippen molar-refractivity contribution in [3.05, 3.63) is 63.4 Å². The van der Waals surface area contributed by atoms with Gasteiger partial charge in [0.15, 0.2) is 5.16 Å². The summed E-state index contributed by atoms with van der Waals surface area (Å²) in [7, 11) is 1.64. The first-order valence-electron chi connectivity index (χ1n) is 9.07. The number of fused-ring (bicyclic) bond motifs is 1. The Bertz CT molecular complexity index is 1090. The zero-order chi connectivity index (χ0) is 20.6. The second-order valence-electron chi connectivity index (χ2n) is 6.20. The standard InChI is InChI=1S/C21H20ClN3O3S/c1-27-9-3-8-25-20(26)18-7-6-16(22)13-19(18)24-21(25)29-11-10-28-17-5-2-4-15(12-17)14-23/h2,4-7,12-13H,3,8-11H2,1H3. The molecule has 0 bridgehead atoms. The highest BCUT2D eigenvalue weighted by Gasteiger charge is 2.12. The summed E-state index contributed by atoms with van der Waals surface area (Å²) in [6, 6.07) is 14.2. The average molecular weight is 430 g/mol. The molecule has 0 saturated carbocycles. The molecule has 150 valence electrons. The van der Waals surface area contributed by atoms with Gasteiger partial charge in [0, 0.05) is 31.0 Å². The van der Waals surface area contributed by atoms with Gasteiger partial charge in [0.25, 0.3) is 5.56 Å². The van der Waals surface area contributed by atoms with E-state index in [0.717, 1.165) is 0 Å². The van der Waals surface area contributed by atoms with Crippen molar-refractivity contribution >= 4 is 34.3 Å². The van der Waals surface area contributed by atoms with Gasteiger partial charge in [-0.2, -0.15) is 5.26 Å². The van der Waals surface area contributed by atoms with E-state index in [2.05, 4.69) is 11.1 Å². The van der Waals surface area contributed by atoms with Crippen LogP contribution in [0.1, 0.15) is 12.0 Å². The van der Waals surface area contributed by atoms with Gasteiger partial charge in [-0.05, 0) is 42.8 Å². The van der Waals surface area contributed by atoms with Crippen LogP contribution in [0.2, 0.25) is 5.02 Å². The number of nitriles is 1. The van der Waals surface area contributed by atoms with E-state index in [-0.39, 0.29) is 5.56 Å². The Balaban J connectivity index is 1.76. The van der Waals surface area contributed by atoms with Crippen LogP contribution in [0.25, 0.3) is 10.9 Å². The molecule has 0 aliphatic heterocycles. The Morgan fingerprint density at radius 2 is 2.10 bits per heavy atom. The van der Waals surface area contributed by atoms with Crippen molar-refractivity contribution in [2.24, 2.45) is 0 Å². The van der Waals surface area contributed by atoms with E-state index in [1.807, 2.05) is 6.07 Å². The van der Waals surface area contributed by atoms with Crippen LogP contribution in [-0.2, 0) is 11.3 Å². The minimum atomic E-state index is -0.0899. The van der Waals surface area contributed by atoms with Gasteiger partial charge in [0.05, 0.1) is 29.1 Å². The molecule has 0 atom stereocenters. The molecule has 2 aromatic carbocycles. The Labute approximate surface area is 178 Å². The van der Waals surface area contributed by atoms with Gasteiger partial charge >= 0.3 is 0 Å². The summed E-state index contributed by atoms with van der Waals surface area (Å²) in [6.45, 7) is 1.50. The number of ether oxygens (including phenoxy) is 2. The number of halogens is 1. The van der Waals surface area contributed by atoms with E-state index < -0.39 is 0 Å². The molecule has 0 aliphatic rings. The highest BCUT2D eigenvalue weighted by molar-refractivity contribution is 7.99. The Hall–Kier alpha value is -2.53. The molecule has 0 amide bonds. The van der Waals surface area contributed by atoms with Crippen LogP contribution in [0.4, 0.5) is 0 Å². The minimum absolute atomic E-state index is 0.0899. The van der Waals surface area contributed by atoms with Crippen LogP contribution in [0.15, 0.2) is 52.4 Å². The summed E-state index contributed by atoms with van der Waals surface area (Å²) < 4.78 is 12.5. The number of methoxy groups -OCH3 is 1. The van der Waals surface area contributed by atoms with Gasteiger partial charge in [-0.1, -0.05) is 29.4 Å². The monoisotopic (exact) mass is 429 g/mol. The van der Waals surface area contributed by atoms with Gasteiger partial charge in [-0.15, -0.1) is 0 Å². The van der Waals surface area contributed by atoms with Gasteiger partial charge in [0.2, 0.25) is 0 Å². The van der Waals surface area contributed by atoms with E-state index in [0.29, 0.717) is 64.3 Å². The molecule has 0 spiro atoms. The molecule has 0 aliphatic carbocycles. The molecule has 0 radical (unpaired) electrons. The van der Waals surface area contributed by atoms with Gasteiger partial charge in [-0.3, -0.25) is 9.36 Å². The fourth-order valence-electron chi connectivity index (χ4n) is 2.80. The number of aromatic nitrogens is 2. The van der Waals surface area contributed by atoms with Crippen molar-refractivity contribution in [3.8, 4) is 11.8 Å². The molecule has 6 nitrogen and oxygen atoms in total. The number of hydrogen-bond donors (Lipinski definition) is 0. The lowest BCUT2D eigenvalue weighted by atomic mass is 10.2. The van der Waals surface area contributed by atoms with E-state index in [4.69, 9.17) is 26.3 Å². The maximum absolute atomic E-state index is 12.9. The normalized spacial score (nSPS) is 10.8. The van der Waals surface area contributed by atoms with Crippen molar-refractivity contribution in [2.45, 2.75) is 18.1 Å². The average Bonchev–Trinajstić information content (AvgIpc) is 2.73. The van der Waals surface area contributed by atoms with E-state index >= 15 is 0 Å². The van der Waals surface area contributed by atoms with E-state index in [9.17, 15) is 4.79 Å². The lowest BCUT2D eigenvalue weighted by Gasteiger charge is -2.13. The van der Waals surface area contributed by atoms with Crippen molar-refractivity contribution in [3.63, 3.8) is 0 Å². The fourth-order valence-corrected chi connectivity index (χ4v) is 3.80. The van der Waals surface area contributed by atoms with Crippen LogP contribution in [0, 0.1) is 11.3 Å². The third kappa shape index (κ3) is 5.51. The quantitative estimate of drug-likeness (QED) is 0.289. The predicted octanol–water partition coefficient (Wildman–Crippen LogP) is 4.13. The Kier molecular flexibility index (Phi) is 7.53. The molecular weight excluding hydrogens is 410 g/mol. The molecule has 29 heavy (non-hydrogen) atoms. The van der Waals surface area contributed by atoms with Crippen molar-refractivity contribution in [1.82, 2.24) is 9.55 Å². The van der Waals surface area contributed by atoms with Gasteiger partial charge in [-0.25, -0.2) is 4.98 Å². The summed E-state index contributed by atoms with van der Waals surface area (Å²) in [6.07, 6.45) is 0.711. The molecule has 0 N–H and O–H groups in total. The topological polar surface area (TPSA) is 77.1 Å². The Morgan fingerprint density at radius 1 is 1.24 bits per heavy atom. The minimum Gasteiger partial charge on any atom is -0.493 e. The summed E-state index contributed by atoms with van der Waals surface area (Å²) in [4.78, 5) is 17.6. The third-order valence-electron chi connectivity index (χ3n) is 4.16. The molecule has 0 fully saturated rings. The molecule has 3 rings (SSSR count). The summed E-state index contributed by atoms with van der Waals surface area (Å²) in [5.74, 6) is 1.24. The largest absolute Gasteiger partial charge is 0.493 e. The molecule has 0 saturated heterocycles. The lowest BCUT2D eigenvalue weighted by molar-refractivity contribution is 0.189. The fraction of sp³-hybridized carbons (Fsp3) is 0.286. The molecule has 1 aromatic heterocycles. The van der Waals surface area contributed by atoms with Crippen LogP contribution in [-0.4, -0.2) is 35.6 Å². The third-order valence-corrected chi connectivity index (χ3v) is 5.33. The van der Waals surface area contributed by atoms with E-state index in [1.165, 1.54) is 11.8 Å². The van der Waals surface area contributed by atoms with Gasteiger partial charge < -0.3 is 9.47 Å². The van der Waals surface area contributed by atoms with Crippen molar-refractivity contribution < 1.29 is 9.47 Å². The summed E-state index contributed by atoms with van der Waals surface area (Å²) >= 11 is 7.52. The van der Waals surface area contributed by atoms with Gasteiger partial charge in [0.1, 0.15) is 5.75 Å². The number of hydrogen-bond acceptors (Lipinski definition) is 6. The van der Waals surface area contributed by atoms with Crippen molar-refractivity contribution in [1.29, 1.82) is 5.26 Å². The van der Waals surface area contributed by atoms with E-state index in [1.54, 1.807) is 48.1 Å². The maximum atomic E-state index is 12.9. The maximum Gasteiger partial charge on any atom is 0.262 e. The number of nitrogens with zero attached hydrogens (tertiary/aromatic N) is 3. The SMILES string of the molecule is COCCCn1c(SCCOc2cccc(C#N)c2)nc2cc(Cl)ccc2c1=O. The highest BCUT2D eigenvalue weighted by Crippen LogP contribution is 2.21. The number of benzene rings is 2. The van der Waals surface area contributed by atoms with Crippen LogP contribution >= 0.6 is 23.4 Å². The molecule has 3 aromatic rings. The first kappa shape index (κ1) is 21.2. The second kappa shape index (κ2) is 10.3. The smallest absolute Gasteiger partial charge is 0.262 e. The first-order chi connectivity index (χ1) is 14.1. The molecule has 0 unspecified atom stereocenters. The van der Waals surface area contributed by atoms with Crippen LogP contribution in [0.5, 0.6) is 5.75 Å². The summed E-state index contributed by atoms with van der Waals surface area (Å²) in [5.41, 5.74) is 1.04. The Morgan fingerprint density at radius 3 is 2.90 bits per heavy atom. The number of rotatable bonds is 9. The lowest BCUT2D eigenvalue weighted by Crippen LogP contribution is -2.24.